The Balaban J connectivity index is 1.40. The number of hydrogen-bond donors (Lipinski definition) is 1. The molecule has 0 aromatic heterocycles. The van der Waals surface area contributed by atoms with Crippen LogP contribution in [0.1, 0.15) is 12.8 Å². The third kappa shape index (κ3) is 5.19. The first kappa shape index (κ1) is 20.1. The fourth-order valence-corrected chi connectivity index (χ4v) is 3.37. The molecule has 1 aliphatic heterocycles. The van der Waals surface area contributed by atoms with E-state index in [-0.39, 0.29) is 11.6 Å². The molecule has 7 heteroatoms. The number of benzene rings is 2. The van der Waals surface area contributed by atoms with Gasteiger partial charge in [0.05, 0.1) is 18.5 Å². The van der Waals surface area contributed by atoms with Crippen LogP contribution in [0.15, 0.2) is 42.5 Å². The predicted octanol–water partition coefficient (Wildman–Crippen LogP) is 3.51. The van der Waals surface area contributed by atoms with Gasteiger partial charge in [-0.05, 0) is 37.2 Å². The van der Waals surface area contributed by atoms with E-state index < -0.39 is 11.6 Å². The fourth-order valence-electron chi connectivity index (χ4n) is 3.37. The van der Waals surface area contributed by atoms with E-state index in [4.69, 9.17) is 4.74 Å². The third-order valence-electron chi connectivity index (χ3n) is 4.88. The van der Waals surface area contributed by atoms with Crippen molar-refractivity contribution < 1.29 is 18.3 Å². The molecule has 2 aromatic rings. The Kier molecular flexibility index (Phi) is 6.81. The van der Waals surface area contributed by atoms with Gasteiger partial charge in [-0.1, -0.05) is 12.1 Å². The summed E-state index contributed by atoms with van der Waals surface area (Å²) in [6.45, 7) is 4.42. The van der Waals surface area contributed by atoms with Crippen LogP contribution in [0.3, 0.4) is 0 Å². The first-order valence-electron chi connectivity index (χ1n) is 9.42. The molecule has 28 heavy (non-hydrogen) atoms. The number of rotatable bonds is 7. The molecule has 0 saturated carbocycles. The minimum Gasteiger partial charge on any atom is -0.495 e. The molecule has 5 nitrogen and oxygen atoms in total. The van der Waals surface area contributed by atoms with Crippen LogP contribution in [0.4, 0.5) is 20.2 Å². The lowest BCUT2D eigenvalue weighted by atomic mass is 10.2. The third-order valence-corrected chi connectivity index (χ3v) is 4.88. The van der Waals surface area contributed by atoms with Crippen LogP contribution in [0.2, 0.25) is 0 Å². The van der Waals surface area contributed by atoms with E-state index in [9.17, 15) is 13.6 Å². The summed E-state index contributed by atoms with van der Waals surface area (Å²) in [5.74, 6) is -0.817. The maximum Gasteiger partial charge on any atom is 0.224 e. The van der Waals surface area contributed by atoms with E-state index in [0.29, 0.717) is 12.8 Å². The molecule has 0 bridgehead atoms. The zero-order chi connectivity index (χ0) is 19.9. The first-order valence-corrected chi connectivity index (χ1v) is 9.42. The van der Waals surface area contributed by atoms with Crippen LogP contribution in [0, 0.1) is 11.6 Å². The molecular weight excluding hydrogens is 364 g/mol. The molecule has 3 rings (SSSR count). The zero-order valence-electron chi connectivity index (χ0n) is 16.0. The van der Waals surface area contributed by atoms with Gasteiger partial charge in [0.15, 0.2) is 0 Å². The molecule has 0 aliphatic carbocycles. The average Bonchev–Trinajstić information content (AvgIpc) is 2.70. The minimum absolute atomic E-state index is 0.0109. The van der Waals surface area contributed by atoms with E-state index >= 15 is 0 Å². The zero-order valence-corrected chi connectivity index (χ0v) is 16.0. The quantitative estimate of drug-likeness (QED) is 0.787. The number of hydrogen-bond acceptors (Lipinski definition) is 4. The highest BCUT2D eigenvalue weighted by Crippen LogP contribution is 2.28. The lowest BCUT2D eigenvalue weighted by Gasteiger charge is -2.36. The van der Waals surface area contributed by atoms with E-state index in [1.807, 2.05) is 18.2 Å². The molecule has 1 amide bonds. The highest BCUT2D eigenvalue weighted by molar-refractivity contribution is 5.90. The van der Waals surface area contributed by atoms with Crippen molar-refractivity contribution in [2.45, 2.75) is 12.8 Å². The normalized spacial score (nSPS) is 14.8. The summed E-state index contributed by atoms with van der Waals surface area (Å²) in [4.78, 5) is 16.6. The Morgan fingerprint density at radius 1 is 1.11 bits per heavy atom. The van der Waals surface area contributed by atoms with Crippen LogP contribution >= 0.6 is 0 Å². The molecule has 0 unspecified atom stereocenters. The average molecular weight is 389 g/mol. The van der Waals surface area contributed by atoms with Crippen molar-refractivity contribution in [2.75, 3.05) is 50.1 Å². The fraction of sp³-hybridized carbons (Fsp3) is 0.381. The summed E-state index contributed by atoms with van der Waals surface area (Å²) in [6, 6.07) is 11.1. The topological polar surface area (TPSA) is 44.8 Å². The van der Waals surface area contributed by atoms with Crippen molar-refractivity contribution in [3.05, 3.63) is 54.1 Å². The second-order valence-corrected chi connectivity index (χ2v) is 6.78. The Morgan fingerprint density at radius 3 is 2.57 bits per heavy atom. The molecule has 0 radical (unpaired) electrons. The van der Waals surface area contributed by atoms with Gasteiger partial charge in [0.1, 0.15) is 17.4 Å². The van der Waals surface area contributed by atoms with Gasteiger partial charge in [-0.3, -0.25) is 9.69 Å². The number of amides is 1. The van der Waals surface area contributed by atoms with Crippen LogP contribution in [0.5, 0.6) is 5.75 Å². The van der Waals surface area contributed by atoms with E-state index in [2.05, 4.69) is 21.2 Å². The van der Waals surface area contributed by atoms with Crippen LogP contribution in [-0.2, 0) is 4.79 Å². The molecular formula is C21H25F2N3O2. The number of ether oxygens (including phenoxy) is 1. The molecule has 0 atom stereocenters. The van der Waals surface area contributed by atoms with Crippen LogP contribution in [-0.4, -0.2) is 50.6 Å². The lowest BCUT2D eigenvalue weighted by Crippen LogP contribution is -2.46. The van der Waals surface area contributed by atoms with Crippen LogP contribution < -0.4 is 15.0 Å². The summed E-state index contributed by atoms with van der Waals surface area (Å²) >= 11 is 0. The van der Waals surface area contributed by atoms with Gasteiger partial charge in [-0.15, -0.1) is 0 Å². The number of nitrogens with zero attached hydrogens (tertiary/aromatic N) is 2. The van der Waals surface area contributed by atoms with Gasteiger partial charge in [0.25, 0.3) is 0 Å². The van der Waals surface area contributed by atoms with Crippen molar-refractivity contribution in [3.8, 4) is 5.75 Å². The maximum absolute atomic E-state index is 13.6. The SMILES string of the molecule is COc1ccccc1N1CCN(CCCC(=O)Nc2ccc(F)cc2F)CC1. The molecule has 1 aliphatic rings. The second-order valence-electron chi connectivity index (χ2n) is 6.78. The summed E-state index contributed by atoms with van der Waals surface area (Å²) in [7, 11) is 1.68. The minimum atomic E-state index is -0.763. The number of para-hydroxylation sites is 2. The Labute approximate surface area is 163 Å². The smallest absolute Gasteiger partial charge is 0.224 e. The van der Waals surface area contributed by atoms with Crippen molar-refractivity contribution >= 4 is 17.3 Å². The Hall–Kier alpha value is -2.67. The Morgan fingerprint density at radius 2 is 1.86 bits per heavy atom. The number of halogens is 2. The molecule has 1 N–H and O–H groups in total. The highest BCUT2D eigenvalue weighted by atomic mass is 19.1. The van der Waals surface area contributed by atoms with E-state index in [1.54, 1.807) is 7.11 Å². The van der Waals surface area contributed by atoms with Crippen LogP contribution in [0.25, 0.3) is 0 Å². The number of anilines is 2. The predicted molar refractivity (Wildman–Crippen MR) is 106 cm³/mol. The molecule has 2 aromatic carbocycles. The number of nitrogens with one attached hydrogen (secondary N) is 1. The molecule has 1 fully saturated rings. The van der Waals surface area contributed by atoms with Crippen molar-refractivity contribution in [1.82, 2.24) is 4.90 Å². The van der Waals surface area contributed by atoms with Gasteiger partial charge in [-0.25, -0.2) is 8.78 Å². The molecule has 1 saturated heterocycles. The summed E-state index contributed by atoms with van der Waals surface area (Å²) < 4.78 is 31.9. The van der Waals surface area contributed by atoms with Gasteiger partial charge in [0.2, 0.25) is 5.91 Å². The van der Waals surface area contributed by atoms with Crippen molar-refractivity contribution in [3.63, 3.8) is 0 Å². The molecule has 0 spiro atoms. The first-order chi connectivity index (χ1) is 13.6. The van der Waals surface area contributed by atoms with Gasteiger partial charge < -0.3 is 15.0 Å². The lowest BCUT2D eigenvalue weighted by molar-refractivity contribution is -0.116. The molecule has 150 valence electrons. The van der Waals surface area contributed by atoms with Gasteiger partial charge >= 0.3 is 0 Å². The largest absolute Gasteiger partial charge is 0.495 e. The van der Waals surface area contributed by atoms with Gasteiger partial charge in [-0.2, -0.15) is 0 Å². The monoisotopic (exact) mass is 389 g/mol. The number of carbonyl (C=O) groups excluding carboxylic acids is 1. The Bertz CT molecular complexity index is 808. The van der Waals surface area contributed by atoms with Crippen molar-refractivity contribution in [1.29, 1.82) is 0 Å². The number of carbonyl (C=O) groups is 1. The van der Waals surface area contributed by atoms with Gasteiger partial charge in [0, 0.05) is 38.7 Å². The number of piperazine rings is 1. The standard InChI is InChI=1S/C21H25F2N3O2/c1-28-20-6-3-2-5-19(20)26-13-11-25(12-14-26)10-4-7-21(27)24-18-9-8-16(22)15-17(18)23/h2-3,5-6,8-9,15H,4,7,10-14H2,1H3,(H,24,27). The maximum atomic E-state index is 13.6. The summed E-state index contributed by atoms with van der Waals surface area (Å²) in [5, 5.41) is 2.50. The van der Waals surface area contributed by atoms with Crippen molar-refractivity contribution in [2.24, 2.45) is 0 Å². The summed E-state index contributed by atoms with van der Waals surface area (Å²) in [6.07, 6.45) is 0.979. The second kappa shape index (κ2) is 9.50. The van der Waals surface area contributed by atoms with E-state index in [0.717, 1.165) is 56.3 Å². The summed E-state index contributed by atoms with van der Waals surface area (Å²) in [5.41, 5.74) is 1.11. The molecule has 1 heterocycles. The van der Waals surface area contributed by atoms with E-state index in [1.165, 1.54) is 6.07 Å². The number of methoxy groups -OCH3 is 1. The highest BCUT2D eigenvalue weighted by Gasteiger charge is 2.19.